The normalized spacial score (nSPS) is 25.4. The number of phenolic OH excluding ortho intramolecular Hbond substituents is 4. The lowest BCUT2D eigenvalue weighted by Gasteiger charge is -2.35. The second-order valence-electron chi connectivity index (χ2n) is 6.60. The summed E-state index contributed by atoms with van der Waals surface area (Å²) < 4.78 is 10.7. The smallest absolute Gasteiger partial charge is 0.204 e. The van der Waals surface area contributed by atoms with E-state index in [4.69, 9.17) is 9.15 Å². The molecule has 10 nitrogen and oxygen atoms in total. The minimum Gasteiger partial charge on any atom is -0.507 e. The van der Waals surface area contributed by atoms with Gasteiger partial charge in [0.15, 0.2) is 11.5 Å². The maximum atomic E-state index is 12.8. The Morgan fingerprint density at radius 2 is 1.50 bits per heavy atom. The van der Waals surface area contributed by atoms with E-state index in [9.17, 15) is 40.5 Å². The van der Waals surface area contributed by atoms with Crippen molar-refractivity contribution in [3.05, 3.63) is 34.0 Å². The van der Waals surface area contributed by atoms with E-state index in [0.29, 0.717) is 0 Å². The van der Waals surface area contributed by atoms with E-state index in [1.54, 1.807) is 0 Å². The summed E-state index contributed by atoms with van der Waals surface area (Å²) in [7, 11) is 0. The minimum atomic E-state index is -1.69. The molecule has 10 heteroatoms. The molecule has 0 bridgehead atoms. The number of aromatic hydroxyl groups is 4. The number of fused-ring (bicyclic) bond motifs is 2. The molecule has 3 aromatic rings. The third-order valence-corrected chi connectivity index (χ3v) is 4.84. The lowest BCUT2D eigenvalue weighted by atomic mass is 9.92. The first kappa shape index (κ1) is 18.3. The maximum Gasteiger partial charge on any atom is 0.204 e. The number of rotatable bonds is 1. The van der Waals surface area contributed by atoms with Gasteiger partial charge in [-0.15, -0.1) is 0 Å². The molecule has 4 atom stereocenters. The van der Waals surface area contributed by atoms with Crippen molar-refractivity contribution in [1.29, 1.82) is 0 Å². The molecule has 148 valence electrons. The molecule has 4 rings (SSSR count). The average molecular weight is 392 g/mol. The average Bonchev–Trinajstić information content (AvgIpc) is 2.63. The first-order chi connectivity index (χ1) is 13.2. The molecule has 1 saturated heterocycles. The largest absolute Gasteiger partial charge is 0.507 e. The van der Waals surface area contributed by atoms with Gasteiger partial charge in [0.1, 0.15) is 52.5 Å². The van der Waals surface area contributed by atoms with Gasteiger partial charge in [0.2, 0.25) is 5.43 Å². The van der Waals surface area contributed by atoms with Crippen molar-refractivity contribution in [2.24, 2.45) is 0 Å². The van der Waals surface area contributed by atoms with E-state index in [-0.39, 0.29) is 34.1 Å². The molecule has 1 aliphatic heterocycles. The van der Waals surface area contributed by atoms with Crippen LogP contribution in [0.15, 0.2) is 27.4 Å². The molecule has 1 aromatic heterocycles. The summed E-state index contributed by atoms with van der Waals surface area (Å²) in [6.07, 6.45) is -6.07. The fraction of sp³-hybridized carbons (Fsp3) is 0.278. The lowest BCUT2D eigenvalue weighted by molar-refractivity contribution is -0.189. The van der Waals surface area contributed by atoms with E-state index in [0.717, 1.165) is 18.2 Å². The second-order valence-corrected chi connectivity index (χ2v) is 6.60. The van der Waals surface area contributed by atoms with Crippen molar-refractivity contribution in [3.63, 3.8) is 0 Å². The summed E-state index contributed by atoms with van der Waals surface area (Å²) in [5.41, 5.74) is -1.43. The van der Waals surface area contributed by atoms with Crippen LogP contribution in [0.2, 0.25) is 0 Å². The van der Waals surface area contributed by atoms with Crippen molar-refractivity contribution in [2.75, 3.05) is 6.61 Å². The Balaban J connectivity index is 2.00. The molecule has 0 aliphatic carbocycles. The molecule has 1 aliphatic rings. The van der Waals surface area contributed by atoms with Gasteiger partial charge in [-0.3, -0.25) is 4.79 Å². The molecular weight excluding hydrogens is 376 g/mol. The predicted molar refractivity (Wildman–Crippen MR) is 93.4 cm³/mol. The molecule has 0 unspecified atom stereocenters. The molecule has 2 heterocycles. The van der Waals surface area contributed by atoms with E-state index < -0.39 is 52.8 Å². The zero-order valence-electron chi connectivity index (χ0n) is 14.1. The van der Waals surface area contributed by atoms with Crippen LogP contribution in [0.25, 0.3) is 21.9 Å². The van der Waals surface area contributed by atoms with Gasteiger partial charge in [-0.05, 0) is 6.07 Å². The number of aliphatic hydroxyl groups excluding tert-OH is 3. The highest BCUT2D eigenvalue weighted by Gasteiger charge is 2.41. The van der Waals surface area contributed by atoms with Crippen LogP contribution in [0.3, 0.4) is 0 Å². The molecule has 0 spiro atoms. The van der Waals surface area contributed by atoms with Crippen molar-refractivity contribution in [3.8, 4) is 23.0 Å². The number of hydrogen-bond acceptors (Lipinski definition) is 10. The van der Waals surface area contributed by atoms with Gasteiger partial charge in [-0.1, -0.05) is 0 Å². The Hall–Kier alpha value is -3.05. The lowest BCUT2D eigenvalue weighted by Crippen LogP contribution is -2.49. The molecule has 28 heavy (non-hydrogen) atoms. The van der Waals surface area contributed by atoms with Crippen molar-refractivity contribution >= 4 is 21.9 Å². The van der Waals surface area contributed by atoms with Crippen LogP contribution in [0.1, 0.15) is 11.7 Å². The minimum absolute atomic E-state index is 0.0909. The van der Waals surface area contributed by atoms with Gasteiger partial charge < -0.3 is 44.9 Å². The quantitative estimate of drug-likeness (QED) is 0.219. The van der Waals surface area contributed by atoms with E-state index in [2.05, 4.69) is 0 Å². The summed E-state index contributed by atoms with van der Waals surface area (Å²) in [5.74, 6) is -2.42. The van der Waals surface area contributed by atoms with Gasteiger partial charge in [-0.2, -0.15) is 0 Å². The molecular formula is C18H16O10. The highest BCUT2D eigenvalue weighted by molar-refractivity contribution is 5.96. The second kappa shape index (κ2) is 6.24. The molecule has 1 fully saturated rings. The maximum absolute atomic E-state index is 12.8. The Labute approximate surface area is 155 Å². The van der Waals surface area contributed by atoms with Gasteiger partial charge in [-0.25, -0.2) is 0 Å². The van der Waals surface area contributed by atoms with Crippen molar-refractivity contribution < 1.29 is 44.9 Å². The fourth-order valence-corrected chi connectivity index (χ4v) is 3.36. The van der Waals surface area contributed by atoms with Gasteiger partial charge in [0.05, 0.1) is 17.6 Å². The monoisotopic (exact) mass is 392 g/mol. The summed E-state index contributed by atoms with van der Waals surface area (Å²) >= 11 is 0. The van der Waals surface area contributed by atoms with Crippen LogP contribution in [0.4, 0.5) is 0 Å². The zero-order valence-corrected chi connectivity index (χ0v) is 14.1. The topological polar surface area (TPSA) is 181 Å². The van der Waals surface area contributed by atoms with Crippen LogP contribution in [0.5, 0.6) is 23.0 Å². The van der Waals surface area contributed by atoms with Crippen molar-refractivity contribution in [2.45, 2.75) is 24.4 Å². The first-order valence-electron chi connectivity index (χ1n) is 8.23. The predicted octanol–water partition coefficient (Wildman–Crippen LogP) is -0.0774. The van der Waals surface area contributed by atoms with Crippen LogP contribution in [-0.2, 0) is 4.74 Å². The summed E-state index contributed by atoms with van der Waals surface area (Å²) in [6.45, 7) is -0.376. The number of phenols is 4. The summed E-state index contributed by atoms with van der Waals surface area (Å²) in [6, 6.07) is 3.00. The van der Waals surface area contributed by atoms with E-state index in [1.165, 1.54) is 0 Å². The number of aliphatic hydroxyl groups is 3. The molecule has 0 saturated carbocycles. The summed E-state index contributed by atoms with van der Waals surface area (Å²) in [4.78, 5) is 12.8. The molecule has 0 radical (unpaired) electrons. The van der Waals surface area contributed by atoms with Crippen LogP contribution in [-0.4, -0.2) is 60.7 Å². The Kier molecular flexibility index (Phi) is 4.08. The van der Waals surface area contributed by atoms with E-state index in [1.807, 2.05) is 0 Å². The van der Waals surface area contributed by atoms with Gasteiger partial charge in [0.25, 0.3) is 0 Å². The fourth-order valence-electron chi connectivity index (χ4n) is 3.36. The van der Waals surface area contributed by atoms with Crippen LogP contribution < -0.4 is 5.43 Å². The standard InChI is InChI=1S/C18H16O10/c19-6-1-5-10(2-7(6)20)28-11-3-8(21)12(16(25)13(11)14(5)23)18-17(26)15(24)9(22)4-27-18/h1-3,9,15,17-22,24-26H,4H2/t9-,15+,17+,18+/m0/s1. The highest BCUT2D eigenvalue weighted by atomic mass is 16.5. The summed E-state index contributed by atoms with van der Waals surface area (Å²) in [5, 5.41) is 69.3. The third-order valence-electron chi connectivity index (χ3n) is 4.84. The van der Waals surface area contributed by atoms with Gasteiger partial charge >= 0.3 is 0 Å². The zero-order chi connectivity index (χ0) is 20.3. The molecule has 2 aromatic carbocycles. The number of ether oxygens (including phenoxy) is 1. The Morgan fingerprint density at radius 3 is 2.21 bits per heavy atom. The SMILES string of the molecule is O=c1c2cc(O)c(O)cc2oc2cc(O)c([C@H]3OC[C@H](O)[C@@H](O)[C@H]3O)c(O)c12. The molecule has 0 amide bonds. The number of benzene rings is 2. The van der Waals surface area contributed by atoms with E-state index >= 15 is 0 Å². The third kappa shape index (κ3) is 2.54. The first-order valence-corrected chi connectivity index (χ1v) is 8.23. The van der Waals surface area contributed by atoms with Gasteiger partial charge in [0, 0.05) is 12.1 Å². The highest BCUT2D eigenvalue weighted by Crippen LogP contribution is 2.44. The van der Waals surface area contributed by atoms with Crippen LogP contribution in [0, 0.1) is 0 Å². The Bertz CT molecular complexity index is 1150. The molecule has 7 N–H and O–H groups in total. The number of hydrogen-bond donors (Lipinski definition) is 7. The Morgan fingerprint density at radius 1 is 0.857 bits per heavy atom. The van der Waals surface area contributed by atoms with Crippen LogP contribution >= 0.6 is 0 Å². The van der Waals surface area contributed by atoms with Crippen molar-refractivity contribution in [1.82, 2.24) is 0 Å².